The molecule has 1 N–H and O–H groups in total. The molecule has 1 aromatic heterocycles. The van der Waals surface area contributed by atoms with Gasteiger partial charge in [-0.25, -0.2) is 0 Å². The van der Waals surface area contributed by atoms with Crippen LogP contribution in [0.3, 0.4) is 0 Å². The SMILES string of the molecule is CC(C)C(C(=O)Nc1cccc(Br)c1)n1nnc2ccccc2c1=O. The van der Waals surface area contributed by atoms with Gasteiger partial charge in [-0.1, -0.05) is 53.2 Å². The molecular weight excluding hydrogens is 384 g/mol. The molecule has 0 saturated heterocycles. The minimum absolute atomic E-state index is 0.139. The highest BCUT2D eigenvalue weighted by Crippen LogP contribution is 2.21. The molecule has 1 heterocycles. The summed E-state index contributed by atoms with van der Waals surface area (Å²) >= 11 is 3.37. The van der Waals surface area contributed by atoms with E-state index < -0.39 is 6.04 Å². The quantitative estimate of drug-likeness (QED) is 0.727. The highest BCUT2D eigenvalue weighted by Gasteiger charge is 2.27. The van der Waals surface area contributed by atoms with Crippen LogP contribution in [-0.2, 0) is 4.79 Å². The van der Waals surface area contributed by atoms with Crippen molar-refractivity contribution in [2.75, 3.05) is 5.32 Å². The third-order valence-electron chi connectivity index (χ3n) is 3.85. The lowest BCUT2D eigenvalue weighted by Gasteiger charge is -2.21. The number of carbonyl (C=O) groups excluding carboxylic acids is 1. The van der Waals surface area contributed by atoms with Gasteiger partial charge in [0.25, 0.3) is 5.56 Å². The minimum atomic E-state index is -0.761. The molecule has 1 unspecified atom stereocenters. The fourth-order valence-corrected chi connectivity index (χ4v) is 3.06. The number of anilines is 1. The van der Waals surface area contributed by atoms with E-state index in [9.17, 15) is 9.59 Å². The zero-order valence-electron chi connectivity index (χ0n) is 13.8. The molecule has 0 aliphatic carbocycles. The van der Waals surface area contributed by atoms with E-state index in [-0.39, 0.29) is 17.4 Å². The summed E-state index contributed by atoms with van der Waals surface area (Å²) in [7, 11) is 0. The lowest BCUT2D eigenvalue weighted by Crippen LogP contribution is -2.38. The molecule has 1 amide bonds. The number of fused-ring (bicyclic) bond motifs is 1. The second kappa shape index (κ2) is 7.14. The Morgan fingerprint density at radius 3 is 2.64 bits per heavy atom. The van der Waals surface area contributed by atoms with E-state index in [0.29, 0.717) is 16.6 Å². The Balaban J connectivity index is 2.00. The van der Waals surface area contributed by atoms with Gasteiger partial charge in [-0.3, -0.25) is 9.59 Å². The number of amides is 1. The zero-order valence-corrected chi connectivity index (χ0v) is 15.4. The molecule has 0 aliphatic heterocycles. The number of halogens is 1. The maximum atomic E-state index is 12.8. The number of benzene rings is 2. The average molecular weight is 401 g/mol. The van der Waals surface area contributed by atoms with Gasteiger partial charge in [-0.2, -0.15) is 4.68 Å². The average Bonchev–Trinajstić information content (AvgIpc) is 2.57. The molecule has 0 fully saturated rings. The van der Waals surface area contributed by atoms with Gasteiger partial charge < -0.3 is 5.32 Å². The molecule has 6 nitrogen and oxygen atoms in total. The lowest BCUT2D eigenvalue weighted by atomic mass is 10.0. The summed E-state index contributed by atoms with van der Waals surface area (Å²) in [5.41, 5.74) is 0.833. The van der Waals surface area contributed by atoms with E-state index in [1.165, 1.54) is 4.68 Å². The summed E-state index contributed by atoms with van der Waals surface area (Å²) in [6.45, 7) is 3.74. The van der Waals surface area contributed by atoms with Crippen LogP contribution in [0.25, 0.3) is 10.9 Å². The summed E-state index contributed by atoms with van der Waals surface area (Å²) in [6, 6.07) is 13.5. The van der Waals surface area contributed by atoms with Crippen molar-refractivity contribution in [2.24, 2.45) is 5.92 Å². The normalized spacial score (nSPS) is 12.3. The molecular formula is C18H17BrN4O2. The Morgan fingerprint density at radius 2 is 1.92 bits per heavy atom. The molecule has 0 spiro atoms. The van der Waals surface area contributed by atoms with Crippen LogP contribution in [-0.4, -0.2) is 20.9 Å². The Labute approximate surface area is 153 Å². The minimum Gasteiger partial charge on any atom is -0.324 e. The van der Waals surface area contributed by atoms with Crippen LogP contribution in [0.1, 0.15) is 19.9 Å². The van der Waals surface area contributed by atoms with Crippen LogP contribution in [0.5, 0.6) is 0 Å². The predicted octanol–water partition coefficient (Wildman–Crippen LogP) is 3.39. The fourth-order valence-electron chi connectivity index (χ4n) is 2.66. The molecule has 3 aromatic rings. The largest absolute Gasteiger partial charge is 0.324 e. The molecule has 128 valence electrons. The number of nitrogens with one attached hydrogen (secondary N) is 1. The van der Waals surface area contributed by atoms with E-state index in [0.717, 1.165) is 4.47 Å². The lowest BCUT2D eigenvalue weighted by molar-refractivity contribution is -0.120. The van der Waals surface area contributed by atoms with Crippen LogP contribution < -0.4 is 10.9 Å². The van der Waals surface area contributed by atoms with Crippen LogP contribution in [0, 0.1) is 5.92 Å². The van der Waals surface area contributed by atoms with E-state index in [1.54, 1.807) is 36.4 Å². The van der Waals surface area contributed by atoms with Crippen molar-refractivity contribution in [1.29, 1.82) is 0 Å². The molecule has 1 atom stereocenters. The Bertz CT molecular complexity index is 984. The number of hydrogen-bond donors (Lipinski definition) is 1. The van der Waals surface area contributed by atoms with Gasteiger partial charge >= 0.3 is 0 Å². The standard InChI is InChI=1S/C18H17BrN4O2/c1-11(2)16(17(24)20-13-7-5-6-12(19)10-13)23-18(25)14-8-3-4-9-15(14)21-22-23/h3-11,16H,1-2H3,(H,20,24). The molecule has 0 bridgehead atoms. The van der Waals surface area contributed by atoms with Crippen molar-refractivity contribution in [3.63, 3.8) is 0 Å². The number of aromatic nitrogens is 3. The number of hydrogen-bond acceptors (Lipinski definition) is 4. The molecule has 0 saturated carbocycles. The zero-order chi connectivity index (χ0) is 18.0. The first-order chi connectivity index (χ1) is 12.0. The molecule has 25 heavy (non-hydrogen) atoms. The first-order valence-corrected chi connectivity index (χ1v) is 8.67. The molecule has 7 heteroatoms. The Morgan fingerprint density at radius 1 is 1.16 bits per heavy atom. The third kappa shape index (κ3) is 3.61. The van der Waals surface area contributed by atoms with Gasteiger partial charge in [0.1, 0.15) is 11.6 Å². The van der Waals surface area contributed by atoms with Gasteiger partial charge in [-0.15, -0.1) is 5.10 Å². The molecule has 2 aromatic carbocycles. The summed E-state index contributed by atoms with van der Waals surface area (Å²) in [5.74, 6) is -0.444. The third-order valence-corrected chi connectivity index (χ3v) is 4.34. The number of rotatable bonds is 4. The van der Waals surface area contributed by atoms with Gasteiger partial charge in [0.15, 0.2) is 0 Å². The highest BCUT2D eigenvalue weighted by atomic mass is 79.9. The van der Waals surface area contributed by atoms with Crippen LogP contribution in [0.4, 0.5) is 5.69 Å². The summed E-state index contributed by atoms with van der Waals surface area (Å²) in [5, 5.41) is 11.4. The van der Waals surface area contributed by atoms with Crippen molar-refractivity contribution in [3.8, 4) is 0 Å². The maximum Gasteiger partial charge on any atom is 0.278 e. The molecule has 0 aliphatic rings. The molecule has 0 radical (unpaired) electrons. The van der Waals surface area contributed by atoms with Gasteiger partial charge in [0.2, 0.25) is 5.91 Å². The monoisotopic (exact) mass is 400 g/mol. The smallest absolute Gasteiger partial charge is 0.278 e. The van der Waals surface area contributed by atoms with Crippen molar-refractivity contribution < 1.29 is 4.79 Å². The van der Waals surface area contributed by atoms with Crippen molar-refractivity contribution in [3.05, 3.63) is 63.4 Å². The van der Waals surface area contributed by atoms with Crippen LogP contribution in [0.2, 0.25) is 0 Å². The van der Waals surface area contributed by atoms with Crippen molar-refractivity contribution in [2.45, 2.75) is 19.9 Å². The van der Waals surface area contributed by atoms with E-state index in [2.05, 4.69) is 31.6 Å². The van der Waals surface area contributed by atoms with Gasteiger partial charge in [0, 0.05) is 10.2 Å². The Kier molecular flexibility index (Phi) is 4.94. The fraction of sp³-hybridized carbons (Fsp3) is 0.222. The highest BCUT2D eigenvalue weighted by molar-refractivity contribution is 9.10. The number of nitrogens with zero attached hydrogens (tertiary/aromatic N) is 3. The van der Waals surface area contributed by atoms with Crippen LogP contribution >= 0.6 is 15.9 Å². The summed E-state index contributed by atoms with van der Waals surface area (Å²) in [4.78, 5) is 25.6. The van der Waals surface area contributed by atoms with Crippen molar-refractivity contribution in [1.82, 2.24) is 15.0 Å². The first-order valence-electron chi connectivity index (χ1n) is 7.88. The second-order valence-corrected chi connectivity index (χ2v) is 6.96. The molecule has 3 rings (SSSR count). The van der Waals surface area contributed by atoms with E-state index >= 15 is 0 Å². The Hall–Kier alpha value is -2.54. The van der Waals surface area contributed by atoms with E-state index in [4.69, 9.17) is 0 Å². The predicted molar refractivity (Wildman–Crippen MR) is 100 cm³/mol. The topological polar surface area (TPSA) is 76.9 Å². The maximum absolute atomic E-state index is 12.8. The first kappa shape index (κ1) is 17.3. The van der Waals surface area contributed by atoms with E-state index in [1.807, 2.05) is 26.0 Å². The number of carbonyl (C=O) groups is 1. The van der Waals surface area contributed by atoms with Gasteiger partial charge in [-0.05, 0) is 36.2 Å². The second-order valence-electron chi connectivity index (χ2n) is 6.04. The van der Waals surface area contributed by atoms with Crippen LogP contribution in [0.15, 0.2) is 57.8 Å². The summed E-state index contributed by atoms with van der Waals surface area (Å²) < 4.78 is 2.02. The summed E-state index contributed by atoms with van der Waals surface area (Å²) in [6.07, 6.45) is 0. The van der Waals surface area contributed by atoms with Crippen molar-refractivity contribution >= 4 is 38.4 Å². The van der Waals surface area contributed by atoms with Gasteiger partial charge in [0.05, 0.1) is 5.39 Å².